The van der Waals surface area contributed by atoms with E-state index in [1.807, 2.05) is 0 Å². The summed E-state index contributed by atoms with van der Waals surface area (Å²) in [6, 6.07) is 3.35. The van der Waals surface area contributed by atoms with Gasteiger partial charge in [-0.2, -0.15) is 8.78 Å². The molecule has 0 aliphatic carbocycles. The molecule has 1 N–H and O–H groups in total. The van der Waals surface area contributed by atoms with Gasteiger partial charge in [-0.05, 0) is 24.6 Å². The zero-order valence-electron chi connectivity index (χ0n) is 13.5. The lowest BCUT2D eigenvalue weighted by molar-refractivity contribution is -0.193. The Bertz CT molecular complexity index is 845. The lowest BCUT2D eigenvalue weighted by Crippen LogP contribution is -2.50. The van der Waals surface area contributed by atoms with Crippen LogP contribution >= 0.6 is 0 Å². The fourth-order valence-corrected chi connectivity index (χ4v) is 2.43. The standard InChI is InChI=1S/C16H13F3N2O3/c1-9(22)12-3-2-4-13-14(12)24-16(18,19)15(23)21(13)8-10-5-11(17)7-20-6-10/h2-7,9,22H,8H2,1H3/t9-/m0/s1/i4D. The number of alkyl halides is 2. The molecule has 1 aliphatic heterocycles. The molecule has 0 saturated heterocycles. The second-order valence-electron chi connectivity index (χ2n) is 5.31. The van der Waals surface area contributed by atoms with Gasteiger partial charge < -0.3 is 9.84 Å². The molecule has 1 aromatic heterocycles. The number of para-hydroxylation sites is 1. The predicted molar refractivity (Wildman–Crippen MR) is 78.0 cm³/mol. The van der Waals surface area contributed by atoms with Crippen molar-refractivity contribution in [3.8, 4) is 5.75 Å². The van der Waals surface area contributed by atoms with Gasteiger partial charge in [-0.3, -0.25) is 14.7 Å². The van der Waals surface area contributed by atoms with E-state index in [1.54, 1.807) is 0 Å². The van der Waals surface area contributed by atoms with Crippen LogP contribution in [0.2, 0.25) is 0 Å². The van der Waals surface area contributed by atoms with E-state index in [9.17, 15) is 23.1 Å². The Hall–Kier alpha value is -2.61. The first-order valence-corrected chi connectivity index (χ1v) is 7.00. The molecule has 2 aromatic rings. The minimum absolute atomic E-state index is 0.0144. The normalized spacial score (nSPS) is 17.8. The smallest absolute Gasteiger partial charge is 0.423 e. The van der Waals surface area contributed by atoms with Crippen molar-refractivity contribution in [3.63, 3.8) is 0 Å². The third-order valence-electron chi connectivity index (χ3n) is 3.51. The zero-order chi connectivity index (χ0) is 18.4. The Labute approximate surface area is 136 Å². The van der Waals surface area contributed by atoms with Crippen LogP contribution in [0.3, 0.4) is 0 Å². The second kappa shape index (κ2) is 5.79. The first-order valence-electron chi connectivity index (χ1n) is 7.50. The van der Waals surface area contributed by atoms with E-state index in [0.29, 0.717) is 4.90 Å². The molecule has 0 saturated carbocycles. The van der Waals surface area contributed by atoms with E-state index in [2.05, 4.69) is 9.72 Å². The monoisotopic (exact) mass is 339 g/mol. The lowest BCUT2D eigenvalue weighted by atomic mass is 10.1. The number of fused-ring (bicyclic) bond motifs is 1. The highest BCUT2D eigenvalue weighted by Gasteiger charge is 2.51. The van der Waals surface area contributed by atoms with Crippen molar-refractivity contribution in [1.82, 2.24) is 4.98 Å². The van der Waals surface area contributed by atoms with Crippen molar-refractivity contribution in [2.75, 3.05) is 4.90 Å². The molecule has 2 heterocycles. The largest absolute Gasteiger partial charge is 0.483 e. The summed E-state index contributed by atoms with van der Waals surface area (Å²) in [5, 5.41) is 9.77. The molecule has 126 valence electrons. The number of aliphatic hydroxyl groups excluding tert-OH is 1. The van der Waals surface area contributed by atoms with E-state index in [-0.39, 0.29) is 22.9 Å². The maximum absolute atomic E-state index is 14.0. The number of nitrogens with zero attached hydrogens (tertiary/aromatic N) is 2. The molecular formula is C16H13F3N2O3. The summed E-state index contributed by atoms with van der Waals surface area (Å²) in [6.07, 6.45) is -3.16. The van der Waals surface area contributed by atoms with E-state index in [4.69, 9.17) is 1.37 Å². The van der Waals surface area contributed by atoms with Crippen LogP contribution in [0.25, 0.3) is 0 Å². The third-order valence-corrected chi connectivity index (χ3v) is 3.51. The van der Waals surface area contributed by atoms with Gasteiger partial charge in [-0.1, -0.05) is 12.1 Å². The highest BCUT2D eigenvalue weighted by atomic mass is 19.3. The number of aromatic nitrogens is 1. The zero-order valence-corrected chi connectivity index (χ0v) is 12.5. The minimum Gasteiger partial charge on any atom is -0.423 e. The number of halogens is 3. The topological polar surface area (TPSA) is 62.7 Å². The molecule has 5 nitrogen and oxygen atoms in total. The quantitative estimate of drug-likeness (QED) is 0.934. The Morgan fingerprint density at radius 1 is 1.50 bits per heavy atom. The molecule has 1 amide bonds. The second-order valence-corrected chi connectivity index (χ2v) is 5.31. The molecule has 1 aliphatic rings. The Morgan fingerprint density at radius 3 is 2.92 bits per heavy atom. The molecule has 0 radical (unpaired) electrons. The SMILES string of the molecule is [2H]c1ccc([C@H](C)O)c2c1N(Cc1cncc(F)c1)C(=O)C(F)(F)O2. The molecule has 1 aromatic carbocycles. The molecule has 24 heavy (non-hydrogen) atoms. The van der Waals surface area contributed by atoms with Crippen LogP contribution in [0.1, 0.15) is 25.5 Å². The van der Waals surface area contributed by atoms with Crippen molar-refractivity contribution in [2.24, 2.45) is 0 Å². The molecular weight excluding hydrogens is 325 g/mol. The van der Waals surface area contributed by atoms with Gasteiger partial charge in [-0.15, -0.1) is 0 Å². The van der Waals surface area contributed by atoms with Crippen molar-refractivity contribution in [3.05, 3.63) is 53.6 Å². The molecule has 1 atom stereocenters. The van der Waals surface area contributed by atoms with E-state index in [1.165, 1.54) is 25.3 Å². The summed E-state index contributed by atoms with van der Waals surface area (Å²) >= 11 is 0. The number of aliphatic hydroxyl groups is 1. The number of benzene rings is 1. The van der Waals surface area contributed by atoms with Gasteiger partial charge in [0, 0.05) is 11.8 Å². The molecule has 0 spiro atoms. The van der Waals surface area contributed by atoms with Crippen LogP contribution in [0.5, 0.6) is 5.75 Å². The predicted octanol–water partition coefficient (Wildman–Crippen LogP) is 2.79. The van der Waals surface area contributed by atoms with Gasteiger partial charge in [0.2, 0.25) is 0 Å². The highest BCUT2D eigenvalue weighted by molar-refractivity contribution is 6.01. The number of hydrogen-bond acceptors (Lipinski definition) is 4. The van der Waals surface area contributed by atoms with E-state index >= 15 is 0 Å². The lowest BCUT2D eigenvalue weighted by Gasteiger charge is -2.34. The van der Waals surface area contributed by atoms with Crippen molar-refractivity contribution >= 4 is 11.6 Å². The van der Waals surface area contributed by atoms with E-state index < -0.39 is 36.2 Å². The van der Waals surface area contributed by atoms with E-state index in [0.717, 1.165) is 12.3 Å². The number of pyridine rings is 1. The fourth-order valence-electron chi connectivity index (χ4n) is 2.43. The van der Waals surface area contributed by atoms with Gasteiger partial charge >= 0.3 is 12.0 Å². The van der Waals surface area contributed by atoms with Crippen LogP contribution in [0.15, 0.2) is 36.6 Å². The summed E-state index contributed by atoms with van der Waals surface area (Å²) in [5.74, 6) is -2.81. The Morgan fingerprint density at radius 2 is 2.25 bits per heavy atom. The van der Waals surface area contributed by atoms with Gasteiger partial charge in [0.05, 0.1) is 25.9 Å². The molecule has 0 bridgehead atoms. The summed E-state index contributed by atoms with van der Waals surface area (Å²) in [7, 11) is 0. The van der Waals surface area contributed by atoms with Gasteiger partial charge in [-0.25, -0.2) is 4.39 Å². The number of rotatable bonds is 3. The maximum atomic E-state index is 14.0. The first-order chi connectivity index (χ1) is 11.7. The van der Waals surface area contributed by atoms with Gasteiger partial charge in [0.1, 0.15) is 5.82 Å². The summed E-state index contributed by atoms with van der Waals surface area (Å²) in [4.78, 5) is 16.4. The maximum Gasteiger partial charge on any atom is 0.483 e. The molecule has 0 unspecified atom stereocenters. The molecule has 8 heteroatoms. The highest BCUT2D eigenvalue weighted by Crippen LogP contribution is 2.44. The van der Waals surface area contributed by atoms with Crippen molar-refractivity contribution in [1.29, 1.82) is 0 Å². The van der Waals surface area contributed by atoms with Crippen LogP contribution < -0.4 is 9.64 Å². The third kappa shape index (κ3) is 2.80. The van der Waals surface area contributed by atoms with Crippen LogP contribution in [-0.2, 0) is 11.3 Å². The summed E-state index contributed by atoms with van der Waals surface area (Å²) < 4.78 is 53.8. The Balaban J connectivity index is 2.15. The average Bonchev–Trinajstić information content (AvgIpc) is 2.51. The fraction of sp³-hybridized carbons (Fsp3) is 0.250. The van der Waals surface area contributed by atoms with Crippen LogP contribution in [-0.4, -0.2) is 22.1 Å². The summed E-state index contributed by atoms with van der Waals surface area (Å²) in [6.45, 7) is 0.919. The van der Waals surface area contributed by atoms with Crippen molar-refractivity contribution < 1.29 is 29.2 Å². The van der Waals surface area contributed by atoms with Crippen LogP contribution in [0, 0.1) is 5.82 Å². The summed E-state index contributed by atoms with van der Waals surface area (Å²) in [5.41, 5.74) is -0.0296. The number of anilines is 1. The van der Waals surface area contributed by atoms with Crippen LogP contribution in [0.4, 0.5) is 18.9 Å². The minimum atomic E-state index is -4.18. The van der Waals surface area contributed by atoms with Gasteiger partial charge in [0.25, 0.3) is 0 Å². The number of ether oxygens (including phenoxy) is 1. The first kappa shape index (κ1) is 14.9. The van der Waals surface area contributed by atoms with Crippen molar-refractivity contribution in [2.45, 2.75) is 25.7 Å². The van der Waals surface area contributed by atoms with Gasteiger partial charge in [0.15, 0.2) is 5.75 Å². The molecule has 0 fully saturated rings. The Kier molecular flexibility index (Phi) is 3.61. The average molecular weight is 339 g/mol. The molecule has 3 rings (SSSR count). The number of carbonyl (C=O) groups is 1. The number of carbonyl (C=O) groups excluding carboxylic acids is 1. The number of amides is 1. The number of hydrogen-bond donors (Lipinski definition) is 1.